The second-order valence-corrected chi connectivity index (χ2v) is 8.21. The number of morpholine rings is 1. The van der Waals surface area contributed by atoms with E-state index in [1.165, 1.54) is 16.7 Å². The Labute approximate surface area is 202 Å². The van der Waals surface area contributed by atoms with Crippen molar-refractivity contribution in [3.63, 3.8) is 0 Å². The molecule has 0 spiro atoms. The summed E-state index contributed by atoms with van der Waals surface area (Å²) in [5.41, 5.74) is 4.00. The third kappa shape index (κ3) is 6.43. The SMILES string of the molecule is CCNC(=NCc1ccccc1CN1CCOCC1)N1CCC(c2cnn(C)c2)C1.I. The van der Waals surface area contributed by atoms with Gasteiger partial charge in [0.1, 0.15) is 0 Å². The number of aromatic nitrogens is 2. The first-order valence-corrected chi connectivity index (χ1v) is 11.1. The van der Waals surface area contributed by atoms with E-state index in [2.05, 4.69) is 57.6 Å². The number of likely N-dealkylation sites (tertiary alicyclic amines) is 1. The molecule has 1 N–H and O–H groups in total. The molecule has 2 aliphatic rings. The summed E-state index contributed by atoms with van der Waals surface area (Å²) >= 11 is 0. The molecule has 3 heterocycles. The van der Waals surface area contributed by atoms with Crippen LogP contribution in [0.3, 0.4) is 0 Å². The number of ether oxygens (including phenoxy) is 1. The van der Waals surface area contributed by atoms with E-state index in [-0.39, 0.29) is 24.0 Å². The molecule has 0 amide bonds. The van der Waals surface area contributed by atoms with Crippen LogP contribution in [0.25, 0.3) is 0 Å². The minimum atomic E-state index is 0. The molecule has 2 fully saturated rings. The Hall–Kier alpha value is -1.65. The maximum atomic E-state index is 5.49. The molecule has 0 radical (unpaired) electrons. The van der Waals surface area contributed by atoms with Crippen molar-refractivity contribution in [3.8, 4) is 0 Å². The Kier molecular flexibility index (Phi) is 9.15. The summed E-state index contributed by atoms with van der Waals surface area (Å²) in [4.78, 5) is 9.88. The highest BCUT2D eigenvalue weighted by Crippen LogP contribution is 2.26. The molecule has 2 aliphatic heterocycles. The molecule has 0 bridgehead atoms. The van der Waals surface area contributed by atoms with Crippen LogP contribution in [0.1, 0.15) is 36.0 Å². The van der Waals surface area contributed by atoms with Crippen molar-refractivity contribution in [2.45, 2.75) is 32.4 Å². The molecule has 1 aromatic carbocycles. The van der Waals surface area contributed by atoms with Crippen molar-refractivity contribution in [2.75, 3.05) is 45.9 Å². The van der Waals surface area contributed by atoms with Gasteiger partial charge in [-0.05, 0) is 30.0 Å². The van der Waals surface area contributed by atoms with Crippen molar-refractivity contribution >= 4 is 29.9 Å². The number of halogens is 1. The average Bonchev–Trinajstić information content (AvgIpc) is 3.42. The zero-order chi connectivity index (χ0) is 20.8. The molecule has 4 rings (SSSR count). The van der Waals surface area contributed by atoms with E-state index in [9.17, 15) is 0 Å². The molecular formula is C23H35IN6O. The highest BCUT2D eigenvalue weighted by Gasteiger charge is 2.27. The first-order chi connectivity index (χ1) is 14.7. The van der Waals surface area contributed by atoms with E-state index in [1.807, 2.05) is 17.9 Å². The fourth-order valence-corrected chi connectivity index (χ4v) is 4.33. The number of nitrogens with zero attached hydrogens (tertiary/aromatic N) is 5. The summed E-state index contributed by atoms with van der Waals surface area (Å²) in [6, 6.07) is 8.70. The molecule has 8 heteroatoms. The molecule has 2 saturated heterocycles. The van der Waals surface area contributed by atoms with Crippen molar-refractivity contribution < 1.29 is 4.74 Å². The molecule has 7 nitrogen and oxygen atoms in total. The smallest absolute Gasteiger partial charge is 0.194 e. The van der Waals surface area contributed by atoms with Crippen molar-refractivity contribution in [1.29, 1.82) is 0 Å². The van der Waals surface area contributed by atoms with Gasteiger partial charge in [-0.1, -0.05) is 24.3 Å². The van der Waals surface area contributed by atoms with E-state index < -0.39 is 0 Å². The van der Waals surface area contributed by atoms with E-state index in [1.54, 1.807) is 0 Å². The number of guanidine groups is 1. The number of nitrogens with one attached hydrogen (secondary N) is 1. The lowest BCUT2D eigenvalue weighted by atomic mass is 10.0. The quantitative estimate of drug-likeness (QED) is 0.349. The highest BCUT2D eigenvalue weighted by molar-refractivity contribution is 14.0. The summed E-state index contributed by atoms with van der Waals surface area (Å²) in [6.45, 7) is 10.4. The predicted octanol–water partition coefficient (Wildman–Crippen LogP) is 2.83. The van der Waals surface area contributed by atoms with Crippen LogP contribution < -0.4 is 5.32 Å². The molecule has 31 heavy (non-hydrogen) atoms. The molecule has 170 valence electrons. The van der Waals surface area contributed by atoms with Gasteiger partial charge in [0, 0.05) is 58.4 Å². The zero-order valence-corrected chi connectivity index (χ0v) is 21.0. The Bertz CT molecular complexity index is 848. The average molecular weight is 538 g/mol. The molecule has 1 atom stereocenters. The number of rotatable bonds is 6. The zero-order valence-electron chi connectivity index (χ0n) is 18.7. The van der Waals surface area contributed by atoms with E-state index in [0.717, 1.165) is 64.9 Å². The van der Waals surface area contributed by atoms with Gasteiger partial charge < -0.3 is 15.0 Å². The van der Waals surface area contributed by atoms with Crippen LogP contribution in [0.4, 0.5) is 0 Å². The second-order valence-electron chi connectivity index (χ2n) is 8.21. The summed E-state index contributed by atoms with van der Waals surface area (Å²) in [6.07, 6.45) is 5.28. The highest BCUT2D eigenvalue weighted by atomic mass is 127. The molecule has 0 saturated carbocycles. The van der Waals surface area contributed by atoms with Gasteiger partial charge in [-0.25, -0.2) is 4.99 Å². The van der Waals surface area contributed by atoms with Gasteiger partial charge in [0.05, 0.1) is 26.0 Å². The maximum absolute atomic E-state index is 5.49. The van der Waals surface area contributed by atoms with Crippen molar-refractivity contribution in [2.24, 2.45) is 12.0 Å². The lowest BCUT2D eigenvalue weighted by Crippen LogP contribution is -2.40. The van der Waals surface area contributed by atoms with Crippen LogP contribution in [0.15, 0.2) is 41.7 Å². The third-order valence-corrected chi connectivity index (χ3v) is 6.03. The first-order valence-electron chi connectivity index (χ1n) is 11.1. The van der Waals surface area contributed by atoms with Gasteiger partial charge in [0.2, 0.25) is 0 Å². The third-order valence-electron chi connectivity index (χ3n) is 6.03. The number of benzene rings is 1. The molecule has 1 aromatic heterocycles. The second kappa shape index (κ2) is 11.8. The summed E-state index contributed by atoms with van der Waals surface area (Å²) in [5.74, 6) is 1.54. The number of aliphatic imine (C=N–C) groups is 1. The van der Waals surface area contributed by atoms with Crippen molar-refractivity contribution in [1.82, 2.24) is 24.9 Å². The number of hydrogen-bond donors (Lipinski definition) is 1. The number of aryl methyl sites for hydroxylation is 1. The normalized spacial score (nSPS) is 20.0. The lowest BCUT2D eigenvalue weighted by Gasteiger charge is -2.27. The van der Waals surface area contributed by atoms with Crippen LogP contribution in [-0.4, -0.2) is 71.5 Å². The minimum Gasteiger partial charge on any atom is -0.379 e. The first kappa shape index (κ1) is 24.0. The van der Waals surface area contributed by atoms with E-state index >= 15 is 0 Å². The Morgan fingerprint density at radius 2 is 1.97 bits per heavy atom. The van der Waals surface area contributed by atoms with Gasteiger partial charge in [0.25, 0.3) is 0 Å². The minimum absolute atomic E-state index is 0. The fraction of sp³-hybridized carbons (Fsp3) is 0.565. The monoisotopic (exact) mass is 538 g/mol. The molecule has 2 aromatic rings. The number of hydrogen-bond acceptors (Lipinski definition) is 4. The largest absolute Gasteiger partial charge is 0.379 e. The topological polar surface area (TPSA) is 57.9 Å². The molecule has 0 aliphatic carbocycles. The Balaban J connectivity index is 0.00000272. The summed E-state index contributed by atoms with van der Waals surface area (Å²) in [5, 5.41) is 7.84. The Morgan fingerprint density at radius 1 is 1.19 bits per heavy atom. The van der Waals surface area contributed by atoms with Gasteiger partial charge >= 0.3 is 0 Å². The van der Waals surface area contributed by atoms with Gasteiger partial charge in [-0.15, -0.1) is 24.0 Å². The van der Waals surface area contributed by atoms with Crippen LogP contribution >= 0.6 is 24.0 Å². The van der Waals surface area contributed by atoms with Crippen LogP contribution in [0.5, 0.6) is 0 Å². The maximum Gasteiger partial charge on any atom is 0.194 e. The van der Waals surface area contributed by atoms with Crippen molar-refractivity contribution in [3.05, 3.63) is 53.3 Å². The van der Waals surface area contributed by atoms with Crippen LogP contribution in [0.2, 0.25) is 0 Å². The lowest BCUT2D eigenvalue weighted by molar-refractivity contribution is 0.0341. The Morgan fingerprint density at radius 3 is 2.68 bits per heavy atom. The van der Waals surface area contributed by atoms with E-state index in [0.29, 0.717) is 12.5 Å². The summed E-state index contributed by atoms with van der Waals surface area (Å²) in [7, 11) is 1.98. The molecule has 1 unspecified atom stereocenters. The standard InChI is InChI=1S/C23H34N6O.HI/c1-3-24-23(29-9-8-21(18-29)22-15-26-27(2)16-22)25-14-19-6-4-5-7-20(19)17-28-10-12-30-13-11-28;/h4-7,15-16,21H,3,8-14,17-18H2,1-2H3,(H,24,25);1H. The van der Waals surface area contributed by atoms with Gasteiger partial charge in [-0.3, -0.25) is 9.58 Å². The van der Waals surface area contributed by atoms with E-state index in [4.69, 9.17) is 9.73 Å². The molecular weight excluding hydrogens is 503 g/mol. The predicted molar refractivity (Wildman–Crippen MR) is 135 cm³/mol. The fourth-order valence-electron chi connectivity index (χ4n) is 4.33. The van der Waals surface area contributed by atoms with Crippen LogP contribution in [-0.2, 0) is 24.9 Å². The van der Waals surface area contributed by atoms with Gasteiger partial charge in [0.15, 0.2) is 5.96 Å². The summed E-state index contributed by atoms with van der Waals surface area (Å²) < 4.78 is 7.38. The van der Waals surface area contributed by atoms with Gasteiger partial charge in [-0.2, -0.15) is 5.10 Å². The van der Waals surface area contributed by atoms with Crippen LogP contribution in [0, 0.1) is 0 Å².